The van der Waals surface area contributed by atoms with Crippen LogP contribution in [0.2, 0.25) is 0 Å². The molecule has 3 rings (SSSR count). The lowest BCUT2D eigenvalue weighted by molar-refractivity contribution is 0.287. The van der Waals surface area contributed by atoms with Crippen molar-refractivity contribution in [2.45, 2.75) is 51.1 Å². The molecule has 2 aliphatic rings. The van der Waals surface area contributed by atoms with Crippen LogP contribution in [0.1, 0.15) is 39.0 Å². The summed E-state index contributed by atoms with van der Waals surface area (Å²) in [5, 5.41) is 3.70. The van der Waals surface area contributed by atoms with Crippen LogP contribution in [0.15, 0.2) is 24.3 Å². The van der Waals surface area contributed by atoms with E-state index < -0.39 is 0 Å². The molecule has 2 atom stereocenters. The molecule has 2 saturated heterocycles. The zero-order valence-corrected chi connectivity index (χ0v) is 12.3. The van der Waals surface area contributed by atoms with Crippen molar-refractivity contribution in [2.24, 2.45) is 5.92 Å². The molecule has 2 heterocycles. The summed E-state index contributed by atoms with van der Waals surface area (Å²) in [5.74, 6) is 0.706. The third kappa shape index (κ3) is 3.14. The van der Waals surface area contributed by atoms with Crippen LogP contribution in [0.4, 0.5) is 10.1 Å². The molecule has 0 amide bonds. The molecule has 110 valence electrons. The highest BCUT2D eigenvalue weighted by Gasteiger charge is 2.33. The molecule has 0 radical (unpaired) electrons. The molecule has 1 aromatic rings. The van der Waals surface area contributed by atoms with Crippen molar-refractivity contribution in [3.05, 3.63) is 30.1 Å². The number of fused-ring (bicyclic) bond motifs is 2. The Bertz CT molecular complexity index is 436. The highest BCUT2D eigenvalue weighted by molar-refractivity contribution is 5.46. The molecule has 0 aliphatic carbocycles. The Labute approximate surface area is 121 Å². The molecule has 2 fully saturated rings. The van der Waals surface area contributed by atoms with E-state index in [0.717, 1.165) is 36.8 Å². The fourth-order valence-corrected chi connectivity index (χ4v) is 3.89. The Morgan fingerprint density at radius 3 is 2.65 bits per heavy atom. The van der Waals surface area contributed by atoms with Crippen molar-refractivity contribution in [2.75, 3.05) is 18.0 Å². The molecular weight excluding hydrogens is 251 g/mol. The quantitative estimate of drug-likeness (QED) is 0.884. The predicted molar refractivity (Wildman–Crippen MR) is 81.6 cm³/mol. The van der Waals surface area contributed by atoms with Crippen molar-refractivity contribution in [3.8, 4) is 0 Å². The van der Waals surface area contributed by atoms with Gasteiger partial charge in [-0.25, -0.2) is 4.39 Å². The van der Waals surface area contributed by atoms with E-state index >= 15 is 0 Å². The van der Waals surface area contributed by atoms with E-state index in [9.17, 15) is 4.39 Å². The number of anilines is 1. The predicted octanol–water partition coefficient (Wildman–Crippen LogP) is 3.57. The Morgan fingerprint density at radius 2 is 2.00 bits per heavy atom. The molecule has 2 bridgehead atoms. The van der Waals surface area contributed by atoms with E-state index in [1.54, 1.807) is 12.1 Å². The van der Waals surface area contributed by atoms with Crippen molar-refractivity contribution >= 4 is 5.69 Å². The molecule has 3 heteroatoms. The summed E-state index contributed by atoms with van der Waals surface area (Å²) < 4.78 is 13.3. The van der Waals surface area contributed by atoms with Gasteiger partial charge in [0.05, 0.1) is 0 Å². The van der Waals surface area contributed by atoms with Gasteiger partial charge in [0, 0.05) is 30.9 Å². The molecule has 0 spiro atoms. The summed E-state index contributed by atoms with van der Waals surface area (Å²) >= 11 is 0. The Morgan fingerprint density at radius 1 is 1.25 bits per heavy atom. The van der Waals surface area contributed by atoms with E-state index in [1.807, 2.05) is 6.07 Å². The van der Waals surface area contributed by atoms with Gasteiger partial charge in [-0.05, 0) is 63.1 Å². The van der Waals surface area contributed by atoms with E-state index in [-0.39, 0.29) is 5.82 Å². The highest BCUT2D eigenvalue weighted by Crippen LogP contribution is 2.33. The minimum absolute atomic E-state index is 0.138. The van der Waals surface area contributed by atoms with Gasteiger partial charge in [0.25, 0.3) is 0 Å². The SMILES string of the molecule is CCN(CCC1CC2CCC(C1)N2)c1cccc(F)c1. The summed E-state index contributed by atoms with van der Waals surface area (Å²) in [6, 6.07) is 8.51. The minimum Gasteiger partial charge on any atom is -0.372 e. The molecular formula is C17H25FN2. The van der Waals surface area contributed by atoms with Gasteiger partial charge in [0.1, 0.15) is 5.82 Å². The maximum absolute atomic E-state index is 13.3. The maximum atomic E-state index is 13.3. The molecule has 0 aromatic heterocycles. The zero-order valence-electron chi connectivity index (χ0n) is 12.3. The van der Waals surface area contributed by atoms with Crippen LogP contribution in [0.5, 0.6) is 0 Å². The Kier molecular flexibility index (Phi) is 4.25. The first-order chi connectivity index (χ1) is 9.74. The number of nitrogens with zero attached hydrogens (tertiary/aromatic N) is 1. The van der Waals surface area contributed by atoms with Gasteiger partial charge < -0.3 is 10.2 Å². The van der Waals surface area contributed by atoms with E-state index in [2.05, 4.69) is 17.1 Å². The summed E-state index contributed by atoms with van der Waals surface area (Å²) in [7, 11) is 0. The van der Waals surface area contributed by atoms with Gasteiger partial charge in [0.2, 0.25) is 0 Å². The number of benzene rings is 1. The summed E-state index contributed by atoms with van der Waals surface area (Å²) in [6.07, 6.45) is 6.62. The van der Waals surface area contributed by atoms with Crippen LogP contribution < -0.4 is 10.2 Å². The molecule has 20 heavy (non-hydrogen) atoms. The fraction of sp³-hybridized carbons (Fsp3) is 0.647. The summed E-state index contributed by atoms with van der Waals surface area (Å²) in [6.45, 7) is 4.14. The van der Waals surface area contributed by atoms with Crippen molar-refractivity contribution in [3.63, 3.8) is 0 Å². The van der Waals surface area contributed by atoms with Crippen molar-refractivity contribution in [1.82, 2.24) is 5.32 Å². The number of nitrogens with one attached hydrogen (secondary N) is 1. The first-order valence-corrected chi connectivity index (χ1v) is 8.01. The number of rotatable bonds is 5. The van der Waals surface area contributed by atoms with Crippen LogP contribution >= 0.6 is 0 Å². The molecule has 2 unspecified atom stereocenters. The molecule has 0 saturated carbocycles. The lowest BCUT2D eigenvalue weighted by Crippen LogP contribution is -2.39. The van der Waals surface area contributed by atoms with Crippen molar-refractivity contribution in [1.29, 1.82) is 0 Å². The zero-order chi connectivity index (χ0) is 13.9. The highest BCUT2D eigenvalue weighted by atomic mass is 19.1. The van der Waals surface area contributed by atoms with Crippen LogP contribution in [0.3, 0.4) is 0 Å². The van der Waals surface area contributed by atoms with Crippen LogP contribution in [-0.2, 0) is 0 Å². The van der Waals surface area contributed by atoms with Crippen molar-refractivity contribution < 1.29 is 4.39 Å². The molecule has 2 aliphatic heterocycles. The fourth-order valence-electron chi connectivity index (χ4n) is 3.89. The smallest absolute Gasteiger partial charge is 0.125 e. The van der Waals surface area contributed by atoms with E-state index in [4.69, 9.17) is 0 Å². The van der Waals surface area contributed by atoms with Gasteiger partial charge in [-0.2, -0.15) is 0 Å². The number of hydrogen-bond donors (Lipinski definition) is 1. The second-order valence-corrected chi connectivity index (χ2v) is 6.32. The average molecular weight is 276 g/mol. The first-order valence-electron chi connectivity index (χ1n) is 8.01. The monoisotopic (exact) mass is 276 g/mol. The Hall–Kier alpha value is -1.09. The third-order valence-corrected chi connectivity index (χ3v) is 4.93. The topological polar surface area (TPSA) is 15.3 Å². The number of hydrogen-bond acceptors (Lipinski definition) is 2. The summed E-state index contributed by atoms with van der Waals surface area (Å²) in [5.41, 5.74) is 1.02. The molecule has 1 N–H and O–H groups in total. The largest absolute Gasteiger partial charge is 0.372 e. The van der Waals surface area contributed by atoms with Gasteiger partial charge in [-0.3, -0.25) is 0 Å². The minimum atomic E-state index is -0.138. The van der Waals surface area contributed by atoms with Gasteiger partial charge in [0.15, 0.2) is 0 Å². The lowest BCUT2D eigenvalue weighted by Gasteiger charge is -2.31. The standard InChI is InChI=1S/C17H25FN2/c1-2-20(17-5-3-4-14(18)12-17)9-8-13-10-15-6-7-16(11-13)19-15/h3-5,12-13,15-16,19H,2,6-11H2,1H3. The normalized spacial score (nSPS) is 28.6. The Balaban J connectivity index is 1.56. The van der Waals surface area contributed by atoms with Crippen LogP contribution in [-0.4, -0.2) is 25.2 Å². The number of piperidine rings is 1. The van der Waals surface area contributed by atoms with Crippen LogP contribution in [0, 0.1) is 11.7 Å². The first kappa shape index (κ1) is 13.9. The second-order valence-electron chi connectivity index (χ2n) is 6.32. The van der Waals surface area contributed by atoms with Gasteiger partial charge in [-0.15, -0.1) is 0 Å². The van der Waals surface area contributed by atoms with E-state index in [0.29, 0.717) is 0 Å². The number of halogens is 1. The average Bonchev–Trinajstić information content (AvgIpc) is 2.79. The second kappa shape index (κ2) is 6.13. The molecule has 2 nitrogen and oxygen atoms in total. The lowest BCUT2D eigenvalue weighted by atomic mass is 9.89. The third-order valence-electron chi connectivity index (χ3n) is 4.93. The summed E-state index contributed by atoms with van der Waals surface area (Å²) in [4.78, 5) is 2.30. The van der Waals surface area contributed by atoms with Gasteiger partial charge in [-0.1, -0.05) is 6.07 Å². The van der Waals surface area contributed by atoms with Crippen LogP contribution in [0.25, 0.3) is 0 Å². The van der Waals surface area contributed by atoms with Gasteiger partial charge >= 0.3 is 0 Å². The molecule has 1 aromatic carbocycles. The maximum Gasteiger partial charge on any atom is 0.125 e. The van der Waals surface area contributed by atoms with E-state index in [1.165, 1.54) is 38.2 Å².